The molecule has 0 saturated carbocycles. The van der Waals surface area contributed by atoms with Crippen molar-refractivity contribution < 1.29 is 4.79 Å². The highest BCUT2D eigenvalue weighted by atomic mass is 32.1. The van der Waals surface area contributed by atoms with Crippen molar-refractivity contribution in [2.24, 2.45) is 5.73 Å². The molecule has 0 aliphatic carbocycles. The lowest BCUT2D eigenvalue weighted by atomic mass is 10.2. The van der Waals surface area contributed by atoms with E-state index in [0.717, 1.165) is 65.2 Å². The SMILES string of the molecule is NC(=O)c1sc2nccc(N3CCCN(c4ncnc5ccccc45)CC3)c2c1N. The van der Waals surface area contributed by atoms with Crippen molar-refractivity contribution >= 4 is 55.6 Å². The van der Waals surface area contributed by atoms with Crippen LogP contribution < -0.4 is 21.3 Å². The standard InChI is InChI=1S/C21H21N7OS/c22-17-16-15(6-7-24-21(16)30-18(17)19(23)29)27-8-3-9-28(11-10-27)20-13-4-1-2-5-14(13)25-12-26-20/h1-2,4-7,12H,3,8-11,22H2,(H2,23,29). The molecule has 0 atom stereocenters. The largest absolute Gasteiger partial charge is 0.397 e. The fraction of sp³-hybridized carbons (Fsp3) is 0.238. The van der Waals surface area contributed by atoms with Crippen LogP contribution in [0.1, 0.15) is 16.1 Å². The third-order valence-electron chi connectivity index (χ3n) is 5.49. The van der Waals surface area contributed by atoms with Crippen molar-refractivity contribution in [2.75, 3.05) is 41.7 Å². The normalized spacial score (nSPS) is 14.9. The van der Waals surface area contributed by atoms with Crippen molar-refractivity contribution in [3.8, 4) is 0 Å². The van der Waals surface area contributed by atoms with Gasteiger partial charge >= 0.3 is 0 Å². The Kier molecular flexibility index (Phi) is 4.59. The summed E-state index contributed by atoms with van der Waals surface area (Å²) < 4.78 is 0. The minimum Gasteiger partial charge on any atom is -0.397 e. The molecule has 4 heterocycles. The van der Waals surface area contributed by atoms with Crippen LogP contribution >= 0.6 is 11.3 Å². The molecule has 30 heavy (non-hydrogen) atoms. The monoisotopic (exact) mass is 419 g/mol. The Morgan fingerprint density at radius 2 is 1.80 bits per heavy atom. The summed E-state index contributed by atoms with van der Waals surface area (Å²) in [5, 5.41) is 1.88. The zero-order chi connectivity index (χ0) is 20.7. The van der Waals surface area contributed by atoms with Crippen LogP contribution in [0.2, 0.25) is 0 Å². The molecule has 1 aromatic carbocycles. The zero-order valence-corrected chi connectivity index (χ0v) is 17.1. The molecular formula is C21H21N7OS. The Labute approximate surface area is 177 Å². The van der Waals surface area contributed by atoms with Crippen LogP contribution in [0.4, 0.5) is 17.2 Å². The molecular weight excluding hydrogens is 398 g/mol. The van der Waals surface area contributed by atoms with E-state index in [1.54, 1.807) is 12.5 Å². The number of carbonyl (C=O) groups excluding carboxylic acids is 1. The third kappa shape index (κ3) is 3.07. The minimum atomic E-state index is -0.515. The van der Waals surface area contributed by atoms with Gasteiger partial charge in [-0.2, -0.15) is 0 Å². The number of rotatable bonds is 3. The smallest absolute Gasteiger partial charge is 0.260 e. The lowest BCUT2D eigenvalue weighted by Crippen LogP contribution is -2.31. The van der Waals surface area contributed by atoms with Crippen LogP contribution in [-0.4, -0.2) is 47.0 Å². The van der Waals surface area contributed by atoms with E-state index in [1.165, 1.54) is 11.3 Å². The molecule has 152 valence electrons. The molecule has 0 unspecified atom stereocenters. The van der Waals surface area contributed by atoms with E-state index in [-0.39, 0.29) is 0 Å². The van der Waals surface area contributed by atoms with Gasteiger partial charge in [-0.05, 0) is 24.6 Å². The van der Waals surface area contributed by atoms with E-state index in [9.17, 15) is 4.79 Å². The van der Waals surface area contributed by atoms with Gasteiger partial charge in [0.2, 0.25) is 0 Å². The van der Waals surface area contributed by atoms with E-state index in [4.69, 9.17) is 11.5 Å². The predicted molar refractivity (Wildman–Crippen MR) is 121 cm³/mol. The van der Waals surface area contributed by atoms with Gasteiger partial charge < -0.3 is 21.3 Å². The van der Waals surface area contributed by atoms with Gasteiger partial charge in [-0.25, -0.2) is 15.0 Å². The molecule has 8 nitrogen and oxygen atoms in total. The number of hydrogen-bond donors (Lipinski definition) is 2. The molecule has 5 rings (SSSR count). The molecule has 0 spiro atoms. The Morgan fingerprint density at radius 3 is 2.67 bits per heavy atom. The maximum atomic E-state index is 11.7. The van der Waals surface area contributed by atoms with Gasteiger partial charge in [-0.15, -0.1) is 11.3 Å². The van der Waals surface area contributed by atoms with Crippen molar-refractivity contribution in [3.05, 3.63) is 47.7 Å². The number of pyridine rings is 1. The lowest BCUT2D eigenvalue weighted by Gasteiger charge is -2.25. The maximum absolute atomic E-state index is 11.7. The second-order valence-electron chi connectivity index (χ2n) is 7.26. The highest BCUT2D eigenvalue weighted by molar-refractivity contribution is 7.21. The van der Waals surface area contributed by atoms with E-state index < -0.39 is 5.91 Å². The molecule has 9 heteroatoms. The number of nitrogen functional groups attached to an aromatic ring is 1. The highest BCUT2D eigenvalue weighted by Gasteiger charge is 2.23. The summed E-state index contributed by atoms with van der Waals surface area (Å²) in [4.78, 5) is 30.8. The van der Waals surface area contributed by atoms with E-state index in [0.29, 0.717) is 10.6 Å². The Morgan fingerprint density at radius 1 is 1.00 bits per heavy atom. The summed E-state index contributed by atoms with van der Waals surface area (Å²) in [6.07, 6.45) is 4.36. The molecule has 1 fully saturated rings. The molecule has 4 N–H and O–H groups in total. The van der Waals surface area contributed by atoms with Gasteiger partial charge in [-0.3, -0.25) is 4.79 Å². The first-order valence-corrected chi connectivity index (χ1v) is 10.6. The van der Waals surface area contributed by atoms with Crippen molar-refractivity contribution in [3.63, 3.8) is 0 Å². The number of para-hydroxylation sites is 1. The number of thiophene rings is 1. The number of nitrogens with two attached hydrogens (primary N) is 2. The number of benzene rings is 1. The van der Waals surface area contributed by atoms with E-state index in [1.807, 2.05) is 24.3 Å². The van der Waals surface area contributed by atoms with Gasteiger partial charge in [-0.1, -0.05) is 12.1 Å². The number of carbonyl (C=O) groups is 1. The van der Waals surface area contributed by atoms with Crippen LogP contribution in [0.15, 0.2) is 42.9 Å². The molecule has 1 amide bonds. The molecule has 0 bridgehead atoms. The Hall–Kier alpha value is -3.46. The lowest BCUT2D eigenvalue weighted by molar-refractivity contribution is 0.100. The summed E-state index contributed by atoms with van der Waals surface area (Å²) in [6, 6.07) is 10.0. The second kappa shape index (κ2) is 7.42. The average molecular weight is 420 g/mol. The summed E-state index contributed by atoms with van der Waals surface area (Å²) in [5.74, 6) is 0.451. The molecule has 0 radical (unpaired) electrons. The zero-order valence-electron chi connectivity index (χ0n) is 16.3. The van der Waals surface area contributed by atoms with Crippen LogP contribution in [0.25, 0.3) is 21.1 Å². The number of hydrogen-bond acceptors (Lipinski definition) is 8. The summed E-state index contributed by atoms with van der Waals surface area (Å²) in [5.41, 5.74) is 14.1. The molecule has 1 aliphatic rings. The maximum Gasteiger partial charge on any atom is 0.260 e. The van der Waals surface area contributed by atoms with Crippen molar-refractivity contribution in [1.29, 1.82) is 0 Å². The van der Waals surface area contributed by atoms with E-state index in [2.05, 4.69) is 30.8 Å². The topological polar surface area (TPSA) is 114 Å². The third-order valence-corrected chi connectivity index (χ3v) is 6.62. The summed E-state index contributed by atoms with van der Waals surface area (Å²) in [7, 11) is 0. The fourth-order valence-electron chi connectivity index (χ4n) is 4.09. The van der Waals surface area contributed by atoms with Gasteiger partial charge in [0.05, 0.1) is 22.3 Å². The number of fused-ring (bicyclic) bond motifs is 2. The Balaban J connectivity index is 1.47. The van der Waals surface area contributed by atoms with Crippen LogP contribution in [0.3, 0.4) is 0 Å². The molecule has 3 aromatic heterocycles. The summed E-state index contributed by atoms with van der Waals surface area (Å²) in [6.45, 7) is 3.40. The van der Waals surface area contributed by atoms with Gasteiger partial charge in [0, 0.05) is 37.8 Å². The van der Waals surface area contributed by atoms with Crippen molar-refractivity contribution in [2.45, 2.75) is 6.42 Å². The predicted octanol–water partition coefficient (Wildman–Crippen LogP) is 2.64. The van der Waals surface area contributed by atoms with Gasteiger partial charge in [0.15, 0.2) is 0 Å². The number of primary amides is 1. The van der Waals surface area contributed by atoms with E-state index >= 15 is 0 Å². The number of nitrogens with zero attached hydrogens (tertiary/aromatic N) is 5. The first kappa shape index (κ1) is 18.6. The minimum absolute atomic E-state index is 0.369. The number of aromatic nitrogens is 3. The highest BCUT2D eigenvalue weighted by Crippen LogP contribution is 2.38. The fourth-order valence-corrected chi connectivity index (χ4v) is 5.02. The van der Waals surface area contributed by atoms with Crippen LogP contribution in [0.5, 0.6) is 0 Å². The number of amides is 1. The first-order valence-electron chi connectivity index (χ1n) is 9.80. The average Bonchev–Trinajstić information content (AvgIpc) is 2.95. The van der Waals surface area contributed by atoms with Crippen LogP contribution in [-0.2, 0) is 0 Å². The molecule has 4 aromatic rings. The number of anilines is 3. The quantitative estimate of drug-likeness (QED) is 0.525. The Bertz CT molecular complexity index is 1250. The van der Waals surface area contributed by atoms with Gasteiger partial charge in [0.25, 0.3) is 5.91 Å². The van der Waals surface area contributed by atoms with Crippen molar-refractivity contribution in [1.82, 2.24) is 15.0 Å². The van der Waals surface area contributed by atoms with Crippen LogP contribution in [0, 0.1) is 0 Å². The first-order chi connectivity index (χ1) is 14.6. The molecule has 1 aliphatic heterocycles. The summed E-state index contributed by atoms with van der Waals surface area (Å²) >= 11 is 1.25. The second-order valence-corrected chi connectivity index (χ2v) is 8.26. The van der Waals surface area contributed by atoms with Gasteiger partial charge in [0.1, 0.15) is 21.9 Å². The molecule has 1 saturated heterocycles.